The summed E-state index contributed by atoms with van der Waals surface area (Å²) in [5.41, 5.74) is 0.185. The summed E-state index contributed by atoms with van der Waals surface area (Å²) >= 11 is 0. The zero-order valence-corrected chi connectivity index (χ0v) is 21.9. The Balaban J connectivity index is 0. The molecule has 0 radical (unpaired) electrons. The van der Waals surface area contributed by atoms with Crippen LogP contribution < -0.4 is 10.6 Å². The van der Waals surface area contributed by atoms with Gasteiger partial charge in [-0.2, -0.15) is 0 Å². The van der Waals surface area contributed by atoms with Gasteiger partial charge < -0.3 is 24.8 Å². The first kappa shape index (κ1) is 31.0. The van der Waals surface area contributed by atoms with Crippen molar-refractivity contribution in [3.8, 4) is 0 Å². The van der Waals surface area contributed by atoms with Crippen molar-refractivity contribution in [2.75, 3.05) is 59.8 Å². The number of methoxy groups -OCH3 is 1. The highest BCUT2D eigenvalue weighted by molar-refractivity contribution is 4.82. The van der Waals surface area contributed by atoms with Crippen LogP contribution in [0.5, 0.6) is 0 Å². The Hall–Kier alpha value is -0.200. The molecule has 0 heterocycles. The van der Waals surface area contributed by atoms with Crippen LogP contribution in [0, 0.1) is 16.2 Å². The van der Waals surface area contributed by atoms with E-state index in [2.05, 4.69) is 72.9 Å². The average molecular weight is 419 g/mol. The van der Waals surface area contributed by atoms with Crippen molar-refractivity contribution in [1.82, 2.24) is 10.6 Å². The molecular weight excluding hydrogens is 364 g/mol. The zero-order valence-electron chi connectivity index (χ0n) is 21.9. The zero-order chi connectivity index (χ0) is 23.2. The lowest BCUT2D eigenvalue weighted by Crippen LogP contribution is -2.49. The Labute approximate surface area is 183 Å². The van der Waals surface area contributed by atoms with Gasteiger partial charge in [0, 0.05) is 42.0 Å². The van der Waals surface area contributed by atoms with Gasteiger partial charge in [-0.15, -0.1) is 0 Å². The van der Waals surface area contributed by atoms with Gasteiger partial charge in [-0.25, -0.2) is 0 Å². The lowest BCUT2D eigenvalue weighted by Gasteiger charge is -2.34. The molecule has 0 unspecified atom stereocenters. The van der Waals surface area contributed by atoms with Gasteiger partial charge in [-0.1, -0.05) is 62.3 Å². The molecule has 0 spiro atoms. The van der Waals surface area contributed by atoms with Crippen molar-refractivity contribution in [1.29, 1.82) is 0 Å². The number of ether oxygens (including phenoxy) is 3. The van der Waals surface area contributed by atoms with Crippen molar-refractivity contribution in [2.24, 2.45) is 16.2 Å². The topological polar surface area (TPSA) is 51.8 Å². The molecule has 0 aromatic heterocycles. The molecule has 0 aromatic rings. The van der Waals surface area contributed by atoms with Gasteiger partial charge in [0.15, 0.2) is 0 Å². The second-order valence-electron chi connectivity index (χ2n) is 10.9. The van der Waals surface area contributed by atoms with Gasteiger partial charge in [-0.3, -0.25) is 0 Å². The van der Waals surface area contributed by atoms with Gasteiger partial charge in [0.2, 0.25) is 0 Å². The van der Waals surface area contributed by atoms with Crippen LogP contribution >= 0.6 is 0 Å². The second-order valence-corrected chi connectivity index (χ2v) is 10.9. The minimum Gasteiger partial charge on any atom is -0.384 e. The van der Waals surface area contributed by atoms with Gasteiger partial charge in [0.1, 0.15) is 0 Å². The molecule has 2 N–H and O–H groups in total. The van der Waals surface area contributed by atoms with E-state index in [4.69, 9.17) is 14.2 Å². The van der Waals surface area contributed by atoms with Crippen LogP contribution in [0.2, 0.25) is 0 Å². The maximum atomic E-state index is 6.03. The van der Waals surface area contributed by atoms with Crippen molar-refractivity contribution in [2.45, 2.75) is 81.7 Å². The maximum Gasteiger partial charge on any atom is 0.0643 e. The Bertz CT molecular complexity index is 394. The van der Waals surface area contributed by atoms with Crippen molar-refractivity contribution >= 4 is 0 Å². The minimum absolute atomic E-state index is 0.0464. The molecule has 0 saturated carbocycles. The monoisotopic (exact) mass is 418 g/mol. The first-order chi connectivity index (χ1) is 13.2. The SMILES string of the molecule is CC.CCNCC(C)(C)COCC(C)(C)NCC(C)(C)COCC(C)(C)COC. The maximum absolute atomic E-state index is 6.03. The third kappa shape index (κ3) is 18.3. The quantitative estimate of drug-likeness (QED) is 0.379. The highest BCUT2D eigenvalue weighted by atomic mass is 16.5. The Morgan fingerprint density at radius 1 is 0.621 bits per heavy atom. The van der Waals surface area contributed by atoms with E-state index < -0.39 is 0 Å². The molecule has 0 rings (SSSR count). The molecule has 0 aliphatic heterocycles. The van der Waals surface area contributed by atoms with E-state index in [1.165, 1.54) is 0 Å². The largest absolute Gasteiger partial charge is 0.384 e. The molecule has 0 aromatic carbocycles. The normalized spacial score (nSPS) is 13.2. The molecule has 29 heavy (non-hydrogen) atoms. The van der Waals surface area contributed by atoms with Crippen LogP contribution in [0.4, 0.5) is 0 Å². The summed E-state index contributed by atoms with van der Waals surface area (Å²) in [6.07, 6.45) is 0. The Morgan fingerprint density at radius 2 is 1.07 bits per heavy atom. The summed E-state index contributed by atoms with van der Waals surface area (Å²) in [5.74, 6) is 0. The summed E-state index contributed by atoms with van der Waals surface area (Å²) in [5, 5.41) is 7.06. The molecular formula is C24H54N2O3. The Morgan fingerprint density at radius 3 is 1.55 bits per heavy atom. The fourth-order valence-electron chi connectivity index (χ4n) is 2.71. The molecule has 0 bridgehead atoms. The Kier molecular flexibility index (Phi) is 15.8. The summed E-state index contributed by atoms with van der Waals surface area (Å²) < 4.78 is 17.3. The van der Waals surface area contributed by atoms with Gasteiger partial charge in [0.25, 0.3) is 0 Å². The van der Waals surface area contributed by atoms with Crippen LogP contribution in [0.25, 0.3) is 0 Å². The standard InChI is InChI=1S/C22H48N2O3.C2H6/c1-11-23-12-19(2,3)15-27-18-22(8,9)24-13-20(4,5)16-26-17-21(6,7)14-25-10;1-2/h23-24H,11-18H2,1-10H3;1-2H3. The van der Waals surface area contributed by atoms with Crippen LogP contribution in [0.3, 0.4) is 0 Å². The molecule has 178 valence electrons. The number of hydrogen-bond acceptors (Lipinski definition) is 5. The molecule has 5 nitrogen and oxygen atoms in total. The second kappa shape index (κ2) is 14.7. The summed E-state index contributed by atoms with van der Waals surface area (Å²) in [7, 11) is 1.74. The van der Waals surface area contributed by atoms with Crippen molar-refractivity contribution < 1.29 is 14.2 Å². The van der Waals surface area contributed by atoms with Crippen LogP contribution in [0.1, 0.15) is 76.2 Å². The van der Waals surface area contributed by atoms with E-state index in [0.717, 1.165) is 32.8 Å². The van der Waals surface area contributed by atoms with Gasteiger partial charge in [-0.05, 0) is 20.4 Å². The van der Waals surface area contributed by atoms with Crippen LogP contribution in [-0.4, -0.2) is 65.3 Å². The average Bonchev–Trinajstić information content (AvgIpc) is 2.59. The fourth-order valence-corrected chi connectivity index (χ4v) is 2.71. The third-order valence-corrected chi connectivity index (χ3v) is 4.38. The highest BCUT2D eigenvalue weighted by Gasteiger charge is 2.27. The molecule has 0 fully saturated rings. The van der Waals surface area contributed by atoms with E-state index in [1.54, 1.807) is 7.11 Å². The predicted octanol–water partition coefficient (Wildman–Crippen LogP) is 4.75. The van der Waals surface area contributed by atoms with Crippen LogP contribution in [0.15, 0.2) is 0 Å². The van der Waals surface area contributed by atoms with E-state index in [-0.39, 0.29) is 21.8 Å². The number of hydrogen-bond donors (Lipinski definition) is 2. The lowest BCUT2D eigenvalue weighted by molar-refractivity contribution is -0.0184. The molecule has 0 aliphatic rings. The smallest absolute Gasteiger partial charge is 0.0643 e. The molecule has 0 amide bonds. The van der Waals surface area contributed by atoms with Crippen LogP contribution in [-0.2, 0) is 14.2 Å². The first-order valence-corrected chi connectivity index (χ1v) is 11.3. The number of rotatable bonds is 16. The minimum atomic E-state index is -0.0686. The molecule has 0 aliphatic carbocycles. The van der Waals surface area contributed by atoms with E-state index in [1.807, 2.05) is 13.8 Å². The lowest BCUT2D eigenvalue weighted by atomic mass is 9.92. The molecule has 0 saturated heterocycles. The van der Waals surface area contributed by atoms with Gasteiger partial charge in [0.05, 0.1) is 33.0 Å². The van der Waals surface area contributed by atoms with E-state index in [0.29, 0.717) is 19.8 Å². The van der Waals surface area contributed by atoms with E-state index >= 15 is 0 Å². The van der Waals surface area contributed by atoms with Gasteiger partial charge >= 0.3 is 0 Å². The number of nitrogens with one attached hydrogen (secondary N) is 2. The van der Waals surface area contributed by atoms with E-state index in [9.17, 15) is 0 Å². The molecule has 5 heteroatoms. The summed E-state index contributed by atoms with van der Waals surface area (Å²) in [6, 6.07) is 0. The van der Waals surface area contributed by atoms with Crippen molar-refractivity contribution in [3.63, 3.8) is 0 Å². The fraction of sp³-hybridized carbons (Fsp3) is 1.00. The highest BCUT2D eigenvalue weighted by Crippen LogP contribution is 2.21. The predicted molar refractivity (Wildman–Crippen MR) is 127 cm³/mol. The third-order valence-electron chi connectivity index (χ3n) is 4.38. The summed E-state index contributed by atoms with van der Waals surface area (Å²) in [4.78, 5) is 0. The van der Waals surface area contributed by atoms with Crippen molar-refractivity contribution in [3.05, 3.63) is 0 Å². The molecule has 0 atom stereocenters. The first-order valence-electron chi connectivity index (χ1n) is 11.3. The summed E-state index contributed by atoms with van der Waals surface area (Å²) in [6.45, 7) is 30.2.